The average Bonchev–Trinajstić information content (AvgIpc) is 3.11. The predicted octanol–water partition coefficient (Wildman–Crippen LogP) is 2.83. The Hall–Kier alpha value is -2.20. The minimum atomic E-state index is -1.58. The molecule has 1 aromatic heterocycles. The van der Waals surface area contributed by atoms with Crippen LogP contribution in [-0.4, -0.2) is 51.8 Å². The summed E-state index contributed by atoms with van der Waals surface area (Å²) in [4.78, 5) is 15.4. The Morgan fingerprint density at radius 2 is 2.10 bits per heavy atom. The number of carbonyl (C=O) groups is 1. The van der Waals surface area contributed by atoms with Crippen molar-refractivity contribution >= 4 is 43.7 Å². The number of halogens is 1. The first-order chi connectivity index (χ1) is 14.0. The molecule has 0 saturated carbocycles. The van der Waals surface area contributed by atoms with E-state index in [-0.39, 0.29) is 11.8 Å². The molecule has 1 amide bonds. The van der Waals surface area contributed by atoms with Gasteiger partial charge in [-0.25, -0.2) is 8.51 Å². The molecule has 2 heterocycles. The second kappa shape index (κ2) is 8.66. The number of amides is 1. The molecule has 0 spiro atoms. The minimum absolute atomic E-state index is 0.167. The van der Waals surface area contributed by atoms with Crippen LogP contribution in [0.25, 0.3) is 10.9 Å². The molecule has 2 atom stereocenters. The van der Waals surface area contributed by atoms with Crippen molar-refractivity contribution in [2.75, 3.05) is 26.3 Å². The van der Waals surface area contributed by atoms with E-state index < -0.39 is 16.9 Å². The second-order valence-electron chi connectivity index (χ2n) is 6.64. The maximum Gasteiger partial charge on any atom is 0.266 e. The molecule has 0 aliphatic carbocycles. The quantitative estimate of drug-likeness (QED) is 0.570. The maximum absolute atomic E-state index is 13.4. The first kappa shape index (κ1) is 20.1. The van der Waals surface area contributed by atoms with E-state index in [4.69, 9.17) is 15.2 Å². The number of rotatable bonds is 6. The number of nitrogens with zero attached hydrogens (tertiary/aromatic N) is 1. The Morgan fingerprint density at radius 1 is 1.31 bits per heavy atom. The summed E-state index contributed by atoms with van der Waals surface area (Å²) in [6.07, 6.45) is -0.234. The molecule has 29 heavy (non-hydrogen) atoms. The first-order valence-corrected chi connectivity index (χ1v) is 11.0. The van der Waals surface area contributed by atoms with Gasteiger partial charge < -0.3 is 20.2 Å². The number of fused-ring (bicyclic) bond motifs is 1. The molecule has 2 unspecified atom stereocenters. The molecule has 1 fully saturated rings. The Labute approximate surface area is 178 Å². The van der Waals surface area contributed by atoms with Gasteiger partial charge in [0.25, 0.3) is 5.91 Å². The van der Waals surface area contributed by atoms with E-state index in [9.17, 15) is 9.00 Å². The van der Waals surface area contributed by atoms with Gasteiger partial charge in [0.2, 0.25) is 0 Å². The first-order valence-electron chi connectivity index (χ1n) is 9.10. The summed E-state index contributed by atoms with van der Waals surface area (Å²) in [5, 5.41) is 0.704. The van der Waals surface area contributed by atoms with Crippen molar-refractivity contribution < 1.29 is 18.5 Å². The molecule has 0 radical (unpaired) electrons. The molecule has 1 aliphatic heterocycles. The lowest BCUT2D eigenvalue weighted by Gasteiger charge is -2.31. The number of benzene rings is 2. The Bertz CT molecular complexity index is 1060. The fraction of sp³-hybridized carbons (Fsp3) is 0.250. The molecule has 1 aliphatic rings. The van der Waals surface area contributed by atoms with Crippen molar-refractivity contribution in [1.29, 1.82) is 0 Å². The van der Waals surface area contributed by atoms with Gasteiger partial charge in [-0.15, -0.1) is 0 Å². The summed E-state index contributed by atoms with van der Waals surface area (Å²) in [6.45, 7) is 1.66. The van der Waals surface area contributed by atoms with E-state index in [1.165, 1.54) is 0 Å². The summed E-state index contributed by atoms with van der Waals surface area (Å²) in [5.41, 5.74) is 6.42. The van der Waals surface area contributed by atoms with E-state index in [0.717, 1.165) is 10.2 Å². The topological polar surface area (TPSA) is 97.7 Å². The van der Waals surface area contributed by atoms with E-state index in [2.05, 4.69) is 20.9 Å². The van der Waals surface area contributed by atoms with Crippen molar-refractivity contribution in [1.82, 2.24) is 9.29 Å². The lowest BCUT2D eigenvalue weighted by atomic mass is 10.2. The highest BCUT2D eigenvalue weighted by Crippen LogP contribution is 2.30. The number of aromatic nitrogens is 1. The lowest BCUT2D eigenvalue weighted by Crippen LogP contribution is -2.45. The average molecular weight is 478 g/mol. The number of morpholine rings is 1. The largest absolute Gasteiger partial charge is 0.491 e. The molecule has 3 aromatic rings. The van der Waals surface area contributed by atoms with Crippen LogP contribution in [0.1, 0.15) is 10.5 Å². The Balaban J connectivity index is 1.55. The molecule has 7 nitrogen and oxygen atoms in total. The SMILES string of the molecule is NC(=O)c1[nH]c2ccc(Br)cc2c1S(=O)N1CCOC(COc2ccccc2)C1. The highest BCUT2D eigenvalue weighted by atomic mass is 79.9. The summed E-state index contributed by atoms with van der Waals surface area (Å²) in [7, 11) is -1.58. The van der Waals surface area contributed by atoms with E-state index in [1.54, 1.807) is 4.31 Å². The highest BCUT2D eigenvalue weighted by Gasteiger charge is 2.30. The van der Waals surface area contributed by atoms with Gasteiger partial charge in [-0.1, -0.05) is 34.1 Å². The van der Waals surface area contributed by atoms with Gasteiger partial charge in [-0.3, -0.25) is 4.79 Å². The molecule has 3 N–H and O–H groups in total. The summed E-state index contributed by atoms with van der Waals surface area (Å²) in [5.74, 6) is 0.115. The van der Waals surface area contributed by atoms with Crippen LogP contribution >= 0.6 is 15.9 Å². The van der Waals surface area contributed by atoms with Crippen molar-refractivity contribution in [3.63, 3.8) is 0 Å². The van der Waals surface area contributed by atoms with Gasteiger partial charge in [-0.2, -0.15) is 0 Å². The van der Waals surface area contributed by atoms with Crippen LogP contribution in [0, 0.1) is 0 Å². The van der Waals surface area contributed by atoms with Crippen LogP contribution in [0.2, 0.25) is 0 Å². The molecular weight excluding hydrogens is 458 g/mol. The van der Waals surface area contributed by atoms with E-state index in [1.807, 2.05) is 48.5 Å². The van der Waals surface area contributed by atoms with Gasteiger partial charge >= 0.3 is 0 Å². The number of hydrogen-bond donors (Lipinski definition) is 2. The highest BCUT2D eigenvalue weighted by molar-refractivity contribution is 9.10. The Kier molecular flexibility index (Phi) is 6.00. The Morgan fingerprint density at radius 3 is 2.86 bits per heavy atom. The van der Waals surface area contributed by atoms with Crippen LogP contribution in [0.5, 0.6) is 5.75 Å². The smallest absolute Gasteiger partial charge is 0.266 e. The van der Waals surface area contributed by atoms with Gasteiger partial charge in [0.15, 0.2) is 0 Å². The molecular formula is C20H20BrN3O4S. The number of primary amides is 1. The van der Waals surface area contributed by atoms with Crippen molar-refractivity contribution in [3.8, 4) is 5.75 Å². The number of carbonyl (C=O) groups excluding carboxylic acids is 1. The third kappa shape index (κ3) is 4.37. The van der Waals surface area contributed by atoms with Gasteiger partial charge in [0, 0.05) is 28.5 Å². The van der Waals surface area contributed by atoms with Crippen LogP contribution < -0.4 is 10.5 Å². The number of nitrogens with one attached hydrogen (secondary N) is 1. The fourth-order valence-corrected chi connectivity index (χ4v) is 5.12. The number of ether oxygens (including phenoxy) is 2. The zero-order valence-electron chi connectivity index (χ0n) is 15.5. The number of H-pyrrole nitrogens is 1. The van der Waals surface area contributed by atoms with Crippen LogP contribution in [-0.2, 0) is 15.7 Å². The molecule has 4 rings (SSSR count). The van der Waals surface area contributed by atoms with E-state index in [0.29, 0.717) is 42.1 Å². The van der Waals surface area contributed by atoms with Crippen molar-refractivity contribution in [3.05, 3.63) is 58.7 Å². The minimum Gasteiger partial charge on any atom is -0.491 e. The van der Waals surface area contributed by atoms with Crippen molar-refractivity contribution in [2.24, 2.45) is 5.73 Å². The van der Waals surface area contributed by atoms with Crippen LogP contribution in [0.15, 0.2) is 57.9 Å². The summed E-state index contributed by atoms with van der Waals surface area (Å²) < 4.78 is 27.6. The standard InChI is InChI=1S/C20H20BrN3O4S/c21-13-6-7-17-16(10-13)19(18(23-17)20(22)25)29(26)24-8-9-27-15(11-24)12-28-14-4-2-1-3-5-14/h1-7,10,15,23H,8-9,11-12H2,(H2,22,25). The zero-order chi connectivity index (χ0) is 20.4. The van der Waals surface area contributed by atoms with Crippen molar-refractivity contribution in [2.45, 2.75) is 11.0 Å². The number of aromatic amines is 1. The van der Waals surface area contributed by atoms with Crippen LogP contribution in [0.3, 0.4) is 0 Å². The fourth-order valence-electron chi connectivity index (χ4n) is 3.27. The molecule has 1 saturated heterocycles. The number of nitrogens with two attached hydrogens (primary N) is 1. The zero-order valence-corrected chi connectivity index (χ0v) is 17.9. The second-order valence-corrected chi connectivity index (χ2v) is 8.98. The maximum atomic E-state index is 13.4. The third-order valence-corrected chi connectivity index (χ3v) is 6.72. The van der Waals surface area contributed by atoms with Gasteiger partial charge in [0.05, 0.1) is 11.5 Å². The summed E-state index contributed by atoms with van der Waals surface area (Å²) >= 11 is 3.43. The molecule has 152 valence electrons. The van der Waals surface area contributed by atoms with E-state index >= 15 is 0 Å². The van der Waals surface area contributed by atoms with Gasteiger partial charge in [0.1, 0.15) is 35.1 Å². The van der Waals surface area contributed by atoms with Crippen LogP contribution in [0.4, 0.5) is 0 Å². The number of hydrogen-bond acceptors (Lipinski definition) is 4. The molecule has 2 aromatic carbocycles. The van der Waals surface area contributed by atoms with Gasteiger partial charge in [-0.05, 0) is 30.3 Å². The molecule has 0 bridgehead atoms. The predicted molar refractivity (Wildman–Crippen MR) is 114 cm³/mol. The molecule has 9 heteroatoms. The lowest BCUT2D eigenvalue weighted by molar-refractivity contribution is -0.0237. The normalized spacial score (nSPS) is 18.6. The monoisotopic (exact) mass is 477 g/mol. The summed E-state index contributed by atoms with van der Waals surface area (Å²) in [6, 6.07) is 15.0. The number of para-hydroxylation sites is 1. The third-order valence-electron chi connectivity index (χ3n) is 4.65.